The number of hydrogen-bond acceptors (Lipinski definition) is 3. The van der Waals surface area contributed by atoms with E-state index in [1.807, 2.05) is 0 Å². The van der Waals surface area contributed by atoms with Crippen molar-refractivity contribution >= 4 is 11.6 Å². The van der Waals surface area contributed by atoms with Crippen LogP contribution in [0.4, 0.5) is 23.2 Å². The van der Waals surface area contributed by atoms with Crippen molar-refractivity contribution in [3.8, 4) is 0 Å². The Hall–Kier alpha value is -1.83. The van der Waals surface area contributed by atoms with Crippen LogP contribution in [0, 0.1) is 5.82 Å². The predicted octanol–water partition coefficient (Wildman–Crippen LogP) is 3.28. The van der Waals surface area contributed by atoms with Gasteiger partial charge in [-0.15, -0.1) is 0 Å². The second-order valence-electron chi connectivity index (χ2n) is 7.25. The van der Waals surface area contributed by atoms with E-state index >= 15 is 0 Å². The minimum Gasteiger partial charge on any atom is -0.369 e. The number of likely N-dealkylation sites (tertiary alicyclic amines) is 1. The van der Waals surface area contributed by atoms with Gasteiger partial charge >= 0.3 is 6.18 Å². The van der Waals surface area contributed by atoms with Crippen molar-refractivity contribution in [2.75, 3.05) is 44.2 Å². The predicted molar refractivity (Wildman–Crippen MR) is 95.1 cm³/mol. The Labute approximate surface area is 156 Å². The molecular formula is C19H25F4N3O. The first kappa shape index (κ1) is 19.9. The summed E-state index contributed by atoms with van der Waals surface area (Å²) >= 11 is 0. The third-order valence-electron chi connectivity index (χ3n) is 5.39. The quantitative estimate of drug-likeness (QED) is 0.742. The van der Waals surface area contributed by atoms with Gasteiger partial charge in [-0.05, 0) is 37.1 Å². The summed E-state index contributed by atoms with van der Waals surface area (Å²) in [5.41, 5.74) is 0.989. The first-order valence-corrected chi connectivity index (χ1v) is 9.41. The molecule has 1 aromatic rings. The Morgan fingerprint density at radius 2 is 1.70 bits per heavy atom. The van der Waals surface area contributed by atoms with Crippen molar-refractivity contribution in [2.45, 2.75) is 37.9 Å². The molecule has 0 spiro atoms. The van der Waals surface area contributed by atoms with Crippen LogP contribution in [0.15, 0.2) is 24.3 Å². The number of amides is 1. The molecule has 4 nitrogen and oxygen atoms in total. The number of alkyl halides is 3. The lowest BCUT2D eigenvalue weighted by Gasteiger charge is -2.44. The van der Waals surface area contributed by atoms with Crippen molar-refractivity contribution in [3.63, 3.8) is 0 Å². The lowest BCUT2D eigenvalue weighted by Crippen LogP contribution is -2.55. The molecule has 1 atom stereocenters. The number of anilines is 1. The second kappa shape index (κ2) is 8.46. The van der Waals surface area contributed by atoms with E-state index in [9.17, 15) is 22.4 Å². The average molecular weight is 387 g/mol. The smallest absolute Gasteiger partial charge is 0.369 e. The van der Waals surface area contributed by atoms with Gasteiger partial charge in [0.05, 0.1) is 6.42 Å². The molecule has 3 rings (SSSR count). The highest BCUT2D eigenvalue weighted by Gasteiger charge is 2.32. The van der Waals surface area contributed by atoms with Crippen molar-refractivity contribution < 1.29 is 22.4 Å². The van der Waals surface area contributed by atoms with Gasteiger partial charge in [0.2, 0.25) is 5.91 Å². The molecule has 0 aromatic heterocycles. The van der Waals surface area contributed by atoms with E-state index in [0.29, 0.717) is 13.1 Å². The number of carbonyl (C=O) groups excluding carboxylic acids is 1. The maximum Gasteiger partial charge on any atom is 0.389 e. The van der Waals surface area contributed by atoms with Gasteiger partial charge < -0.3 is 9.80 Å². The first-order chi connectivity index (χ1) is 12.8. The highest BCUT2D eigenvalue weighted by atomic mass is 19.4. The maximum atomic E-state index is 13.1. The fourth-order valence-corrected chi connectivity index (χ4v) is 3.88. The van der Waals surface area contributed by atoms with Gasteiger partial charge in [0.1, 0.15) is 5.82 Å². The number of piperazine rings is 1. The van der Waals surface area contributed by atoms with Crippen molar-refractivity contribution in [3.05, 3.63) is 30.1 Å². The number of benzene rings is 1. The van der Waals surface area contributed by atoms with E-state index in [4.69, 9.17) is 0 Å². The summed E-state index contributed by atoms with van der Waals surface area (Å²) in [6, 6.07) is 6.64. The van der Waals surface area contributed by atoms with Crippen LogP contribution < -0.4 is 4.90 Å². The zero-order valence-electron chi connectivity index (χ0n) is 15.2. The standard InChI is InChI=1S/C19H25F4N3O/c20-15-3-5-16(6-4-15)24-10-12-25(13-11-24)17-2-1-9-26(14-17)18(27)7-8-19(21,22)23/h3-6,17H,1-2,7-14H2/t17-/m1/s1. The first-order valence-electron chi connectivity index (χ1n) is 9.41. The molecule has 150 valence electrons. The summed E-state index contributed by atoms with van der Waals surface area (Å²) in [6.45, 7) is 4.32. The number of nitrogens with zero attached hydrogens (tertiary/aromatic N) is 3. The molecule has 2 aliphatic rings. The monoisotopic (exact) mass is 387 g/mol. The van der Waals surface area contributed by atoms with Gasteiger partial charge in [0.15, 0.2) is 0 Å². The molecule has 0 saturated carbocycles. The Balaban J connectivity index is 1.49. The summed E-state index contributed by atoms with van der Waals surface area (Å²) in [7, 11) is 0. The molecule has 1 amide bonds. The third kappa shape index (κ3) is 5.57. The molecule has 2 saturated heterocycles. The third-order valence-corrected chi connectivity index (χ3v) is 5.39. The van der Waals surface area contributed by atoms with E-state index in [2.05, 4.69) is 9.80 Å². The lowest BCUT2D eigenvalue weighted by molar-refractivity contribution is -0.150. The van der Waals surface area contributed by atoms with Crippen LogP contribution in [-0.4, -0.2) is 67.2 Å². The van der Waals surface area contributed by atoms with Gasteiger partial charge in [0, 0.05) is 57.4 Å². The summed E-state index contributed by atoms with van der Waals surface area (Å²) in [6.07, 6.45) is -4.03. The van der Waals surface area contributed by atoms with Crippen LogP contribution >= 0.6 is 0 Å². The summed E-state index contributed by atoms with van der Waals surface area (Å²) in [5, 5.41) is 0. The van der Waals surface area contributed by atoms with Crippen LogP contribution in [0.2, 0.25) is 0 Å². The molecule has 0 radical (unpaired) electrons. The van der Waals surface area contributed by atoms with Gasteiger partial charge in [0.25, 0.3) is 0 Å². The molecule has 2 aliphatic heterocycles. The fourth-order valence-electron chi connectivity index (χ4n) is 3.88. The van der Waals surface area contributed by atoms with E-state index in [1.54, 1.807) is 17.0 Å². The van der Waals surface area contributed by atoms with Gasteiger partial charge in [-0.1, -0.05) is 0 Å². The maximum absolute atomic E-state index is 13.1. The molecule has 8 heteroatoms. The van der Waals surface area contributed by atoms with Crippen LogP contribution in [0.1, 0.15) is 25.7 Å². The lowest BCUT2D eigenvalue weighted by atomic mass is 10.0. The van der Waals surface area contributed by atoms with Gasteiger partial charge in [-0.2, -0.15) is 13.2 Å². The topological polar surface area (TPSA) is 26.8 Å². The van der Waals surface area contributed by atoms with Crippen LogP contribution in [0.25, 0.3) is 0 Å². The van der Waals surface area contributed by atoms with Gasteiger partial charge in [-0.25, -0.2) is 4.39 Å². The fraction of sp³-hybridized carbons (Fsp3) is 0.632. The number of hydrogen-bond donors (Lipinski definition) is 0. The summed E-state index contributed by atoms with van der Waals surface area (Å²) in [4.78, 5) is 18.2. The normalized spacial score (nSPS) is 22.1. The van der Waals surface area contributed by atoms with E-state index in [1.165, 1.54) is 12.1 Å². The van der Waals surface area contributed by atoms with Crippen LogP contribution in [0.3, 0.4) is 0 Å². The number of halogens is 4. The Morgan fingerprint density at radius 1 is 1.04 bits per heavy atom. The highest BCUT2D eigenvalue weighted by molar-refractivity contribution is 5.76. The molecule has 0 N–H and O–H groups in total. The number of piperidine rings is 1. The Kier molecular flexibility index (Phi) is 6.24. The van der Waals surface area contributed by atoms with Crippen LogP contribution in [0.5, 0.6) is 0 Å². The van der Waals surface area contributed by atoms with Crippen molar-refractivity contribution in [2.24, 2.45) is 0 Å². The molecular weight excluding hydrogens is 362 g/mol. The molecule has 2 fully saturated rings. The zero-order chi connectivity index (χ0) is 19.4. The summed E-state index contributed by atoms with van der Waals surface area (Å²) < 4.78 is 50.1. The zero-order valence-corrected chi connectivity index (χ0v) is 15.2. The van der Waals surface area contributed by atoms with Crippen molar-refractivity contribution in [1.82, 2.24) is 9.80 Å². The molecule has 27 heavy (non-hydrogen) atoms. The Morgan fingerprint density at radius 3 is 2.33 bits per heavy atom. The molecule has 2 heterocycles. The highest BCUT2D eigenvalue weighted by Crippen LogP contribution is 2.24. The molecule has 0 aliphatic carbocycles. The van der Waals surface area contributed by atoms with E-state index in [-0.39, 0.29) is 11.9 Å². The van der Waals surface area contributed by atoms with E-state index in [0.717, 1.165) is 44.7 Å². The van der Waals surface area contributed by atoms with Crippen molar-refractivity contribution in [1.29, 1.82) is 0 Å². The SMILES string of the molecule is O=C(CCC(F)(F)F)N1CCC[C@@H](N2CCN(c3ccc(F)cc3)CC2)C1. The van der Waals surface area contributed by atoms with Gasteiger partial charge in [-0.3, -0.25) is 9.69 Å². The van der Waals surface area contributed by atoms with Crippen LogP contribution in [-0.2, 0) is 4.79 Å². The summed E-state index contributed by atoms with van der Waals surface area (Å²) in [5.74, 6) is -0.656. The van der Waals surface area contributed by atoms with E-state index < -0.39 is 24.9 Å². The molecule has 0 bridgehead atoms. The minimum atomic E-state index is -4.29. The largest absolute Gasteiger partial charge is 0.389 e. The number of rotatable bonds is 4. The Bertz CT molecular complexity index is 627. The second-order valence-corrected chi connectivity index (χ2v) is 7.25. The average Bonchev–Trinajstić information content (AvgIpc) is 2.66. The molecule has 0 unspecified atom stereocenters. The number of carbonyl (C=O) groups is 1. The molecule has 1 aromatic carbocycles. The minimum absolute atomic E-state index is 0.198.